The highest BCUT2D eigenvalue weighted by Gasteiger charge is 2.27. The standard InChI is InChI=1S/C22H22ClN5O3.CH2O2/c1-24-8-9-31-18-7-2-4-15(10-18)20-12-19(22(30)27-13-21(29)25-14-27)26-28(20)17-6-3-5-16(23)11-17;2-1-3/h2-7,10-12,24H,8-9,13-14H2,1H3,(H,25,29);1H,(H,2,3). The van der Waals surface area contributed by atoms with Gasteiger partial charge in [0.2, 0.25) is 5.91 Å². The molecule has 0 saturated carbocycles. The highest BCUT2D eigenvalue weighted by Crippen LogP contribution is 2.28. The second kappa shape index (κ2) is 11.8. The molecule has 4 rings (SSSR count). The molecule has 0 atom stereocenters. The summed E-state index contributed by atoms with van der Waals surface area (Å²) in [7, 11) is 1.87. The molecule has 10 nitrogen and oxygen atoms in total. The van der Waals surface area contributed by atoms with Crippen molar-refractivity contribution in [2.24, 2.45) is 0 Å². The summed E-state index contributed by atoms with van der Waals surface area (Å²) in [6.07, 6.45) is 0. The zero-order valence-corrected chi connectivity index (χ0v) is 19.2. The molecule has 3 N–H and O–H groups in total. The van der Waals surface area contributed by atoms with Gasteiger partial charge in [0, 0.05) is 17.1 Å². The van der Waals surface area contributed by atoms with E-state index in [1.54, 1.807) is 22.9 Å². The molecule has 3 aromatic rings. The van der Waals surface area contributed by atoms with E-state index >= 15 is 0 Å². The molecule has 1 saturated heterocycles. The molecule has 2 amide bonds. The number of rotatable bonds is 7. The first-order valence-corrected chi connectivity index (χ1v) is 10.7. The maximum atomic E-state index is 12.9. The molecule has 0 radical (unpaired) electrons. The van der Waals surface area contributed by atoms with Crippen LogP contribution >= 0.6 is 11.6 Å². The van der Waals surface area contributed by atoms with Gasteiger partial charge in [-0.2, -0.15) is 5.10 Å². The van der Waals surface area contributed by atoms with E-state index in [9.17, 15) is 9.59 Å². The smallest absolute Gasteiger partial charge is 0.290 e. The van der Waals surface area contributed by atoms with Gasteiger partial charge in [0.05, 0.1) is 18.1 Å². The van der Waals surface area contributed by atoms with Crippen molar-refractivity contribution in [1.82, 2.24) is 25.3 Å². The summed E-state index contributed by atoms with van der Waals surface area (Å²) in [5.41, 5.74) is 2.51. The van der Waals surface area contributed by atoms with Crippen molar-refractivity contribution in [2.45, 2.75) is 0 Å². The molecule has 1 fully saturated rings. The number of likely N-dealkylation sites (N-methyl/N-ethyl adjacent to an activating group) is 1. The molecule has 11 heteroatoms. The number of nitrogens with one attached hydrogen (secondary N) is 2. The normalized spacial score (nSPS) is 12.5. The van der Waals surface area contributed by atoms with E-state index in [-0.39, 0.29) is 37.2 Å². The highest BCUT2D eigenvalue weighted by atomic mass is 35.5. The lowest BCUT2D eigenvalue weighted by atomic mass is 10.1. The van der Waals surface area contributed by atoms with E-state index in [4.69, 9.17) is 26.2 Å². The topological polar surface area (TPSA) is 126 Å². The Morgan fingerprint density at radius 3 is 2.71 bits per heavy atom. The van der Waals surface area contributed by atoms with Gasteiger partial charge in [-0.05, 0) is 43.4 Å². The lowest BCUT2D eigenvalue weighted by Crippen LogP contribution is -2.30. The molecule has 1 aliphatic heterocycles. The monoisotopic (exact) mass is 485 g/mol. The highest BCUT2D eigenvalue weighted by molar-refractivity contribution is 6.30. The number of benzene rings is 2. The van der Waals surface area contributed by atoms with Crippen molar-refractivity contribution in [3.8, 4) is 22.7 Å². The van der Waals surface area contributed by atoms with E-state index in [2.05, 4.69) is 15.7 Å². The van der Waals surface area contributed by atoms with Gasteiger partial charge in [0.25, 0.3) is 12.4 Å². The Labute approximate surface area is 201 Å². The average Bonchev–Trinajstić information content (AvgIpc) is 3.47. The summed E-state index contributed by atoms with van der Waals surface area (Å²) in [5, 5.41) is 17.7. The van der Waals surface area contributed by atoms with Gasteiger partial charge in [-0.3, -0.25) is 14.4 Å². The third kappa shape index (κ3) is 6.12. The molecule has 34 heavy (non-hydrogen) atoms. The summed E-state index contributed by atoms with van der Waals surface area (Å²) in [4.78, 5) is 34.2. The van der Waals surface area contributed by atoms with Crippen LogP contribution in [0.3, 0.4) is 0 Å². The van der Waals surface area contributed by atoms with Crippen LogP contribution in [0.15, 0.2) is 54.6 Å². The second-order valence-corrected chi connectivity index (χ2v) is 7.59. The van der Waals surface area contributed by atoms with Gasteiger partial charge in [-0.25, -0.2) is 4.68 Å². The van der Waals surface area contributed by atoms with Gasteiger partial charge in [-0.1, -0.05) is 29.8 Å². The molecule has 1 aromatic heterocycles. The minimum Gasteiger partial charge on any atom is -0.492 e. The SMILES string of the molecule is CNCCOc1cccc(-c2cc(C(=O)N3CNC(=O)C3)nn2-c2cccc(Cl)c2)c1.O=CO. The van der Waals surface area contributed by atoms with Gasteiger partial charge in [-0.15, -0.1) is 0 Å². The van der Waals surface area contributed by atoms with Gasteiger partial charge in [0.15, 0.2) is 5.69 Å². The third-order valence-corrected chi connectivity index (χ3v) is 5.06. The van der Waals surface area contributed by atoms with Crippen molar-refractivity contribution in [3.63, 3.8) is 0 Å². The largest absolute Gasteiger partial charge is 0.492 e. The molecule has 2 heterocycles. The molecule has 0 spiro atoms. The number of carbonyl (C=O) groups is 3. The fourth-order valence-corrected chi connectivity index (χ4v) is 3.47. The third-order valence-electron chi connectivity index (χ3n) is 4.82. The fraction of sp³-hybridized carbons (Fsp3) is 0.217. The van der Waals surface area contributed by atoms with Crippen molar-refractivity contribution >= 4 is 29.9 Å². The maximum Gasteiger partial charge on any atom is 0.290 e. The minimum absolute atomic E-state index is 0.0208. The van der Waals surface area contributed by atoms with Crippen LogP contribution in [0.2, 0.25) is 5.02 Å². The van der Waals surface area contributed by atoms with Crippen LogP contribution in [0.25, 0.3) is 16.9 Å². The number of nitrogens with zero attached hydrogens (tertiary/aromatic N) is 3. The molecular weight excluding hydrogens is 462 g/mol. The first-order valence-electron chi connectivity index (χ1n) is 10.3. The fourth-order valence-electron chi connectivity index (χ4n) is 3.29. The quantitative estimate of drug-likeness (QED) is 0.345. The van der Waals surface area contributed by atoms with Gasteiger partial charge in [0.1, 0.15) is 18.9 Å². The number of hydrogen-bond acceptors (Lipinski definition) is 6. The first-order chi connectivity index (χ1) is 16.5. The number of aromatic nitrogens is 2. The zero-order chi connectivity index (χ0) is 24.5. The number of carboxylic acid groups (broad SMARTS) is 1. The van der Waals surface area contributed by atoms with Crippen LogP contribution in [0.4, 0.5) is 0 Å². The Bertz CT molecular complexity index is 1170. The van der Waals surface area contributed by atoms with Crippen LogP contribution in [-0.2, 0) is 9.59 Å². The summed E-state index contributed by atoms with van der Waals surface area (Å²) in [5.74, 6) is 0.213. The average molecular weight is 486 g/mol. The van der Waals surface area contributed by atoms with Crippen molar-refractivity contribution in [2.75, 3.05) is 33.4 Å². The van der Waals surface area contributed by atoms with Gasteiger partial charge < -0.3 is 25.4 Å². The zero-order valence-electron chi connectivity index (χ0n) is 18.4. The van der Waals surface area contributed by atoms with Crippen LogP contribution in [-0.4, -0.2) is 71.5 Å². The Hall–Kier alpha value is -3.89. The Morgan fingerprint density at radius 1 is 1.26 bits per heavy atom. The van der Waals surface area contributed by atoms with Crippen LogP contribution in [0.5, 0.6) is 5.75 Å². The van der Waals surface area contributed by atoms with Crippen LogP contribution in [0, 0.1) is 0 Å². The molecule has 2 aromatic carbocycles. The Kier molecular flexibility index (Phi) is 8.60. The Balaban J connectivity index is 0.00000103. The molecule has 0 aliphatic carbocycles. The molecule has 0 bridgehead atoms. The lowest BCUT2D eigenvalue weighted by Gasteiger charge is -2.11. The predicted octanol–water partition coefficient (Wildman–Crippen LogP) is 2.02. The van der Waals surface area contributed by atoms with Crippen molar-refractivity contribution in [1.29, 1.82) is 0 Å². The number of carbonyl (C=O) groups excluding carboxylic acids is 2. The van der Waals surface area contributed by atoms with E-state index in [0.717, 1.165) is 17.8 Å². The molecule has 1 aliphatic rings. The predicted molar refractivity (Wildman–Crippen MR) is 126 cm³/mol. The summed E-state index contributed by atoms with van der Waals surface area (Å²) in [6, 6.07) is 16.6. The van der Waals surface area contributed by atoms with E-state index < -0.39 is 0 Å². The lowest BCUT2D eigenvalue weighted by molar-refractivity contribution is -0.123. The minimum atomic E-state index is -0.318. The van der Waals surface area contributed by atoms with Gasteiger partial charge >= 0.3 is 0 Å². The van der Waals surface area contributed by atoms with E-state index in [1.807, 2.05) is 43.4 Å². The number of halogens is 1. The molecule has 178 valence electrons. The summed E-state index contributed by atoms with van der Waals surface area (Å²) in [6.45, 7) is 1.21. The second-order valence-electron chi connectivity index (χ2n) is 7.15. The maximum absolute atomic E-state index is 12.9. The number of ether oxygens (including phenoxy) is 1. The first kappa shape index (κ1) is 24.7. The number of hydrogen-bond donors (Lipinski definition) is 3. The molecular formula is C23H24ClN5O5. The van der Waals surface area contributed by atoms with Crippen LogP contribution in [0.1, 0.15) is 10.5 Å². The Morgan fingerprint density at radius 2 is 2.03 bits per heavy atom. The van der Waals surface area contributed by atoms with Crippen molar-refractivity contribution < 1.29 is 24.2 Å². The van der Waals surface area contributed by atoms with E-state index in [1.165, 1.54) is 4.90 Å². The van der Waals surface area contributed by atoms with E-state index in [0.29, 0.717) is 23.1 Å². The summed E-state index contributed by atoms with van der Waals surface area (Å²) < 4.78 is 7.46. The van der Waals surface area contributed by atoms with Crippen LogP contribution < -0.4 is 15.4 Å². The van der Waals surface area contributed by atoms with Crippen molar-refractivity contribution in [3.05, 3.63) is 65.3 Å². The number of amides is 2. The summed E-state index contributed by atoms with van der Waals surface area (Å²) >= 11 is 6.19. The molecule has 0 unspecified atom stereocenters.